The fourth-order valence-electron chi connectivity index (χ4n) is 3.62. The summed E-state index contributed by atoms with van der Waals surface area (Å²) in [4.78, 5) is 18.7. The zero-order chi connectivity index (χ0) is 20.1. The molecule has 4 rings (SSSR count). The Morgan fingerprint density at radius 2 is 1.90 bits per heavy atom. The number of guanidine groups is 1. The molecule has 30 heavy (non-hydrogen) atoms. The van der Waals surface area contributed by atoms with E-state index < -0.39 is 0 Å². The van der Waals surface area contributed by atoms with Gasteiger partial charge in [0.15, 0.2) is 17.5 Å². The van der Waals surface area contributed by atoms with E-state index in [1.54, 1.807) is 7.05 Å². The number of carbonyl (C=O) groups is 1. The number of aliphatic imine (C=N–C) groups is 1. The number of hydrogen-bond acceptors (Lipinski definition) is 4. The molecule has 0 spiro atoms. The Kier molecular flexibility index (Phi) is 7.78. The van der Waals surface area contributed by atoms with Gasteiger partial charge >= 0.3 is 0 Å². The quantitative estimate of drug-likeness (QED) is 0.359. The van der Waals surface area contributed by atoms with E-state index in [4.69, 9.17) is 9.47 Å². The Balaban J connectivity index is 0.00000256. The summed E-state index contributed by atoms with van der Waals surface area (Å²) < 4.78 is 10.7. The predicted octanol–water partition coefficient (Wildman–Crippen LogP) is 2.33. The molecule has 0 saturated carbocycles. The third-order valence-corrected chi connectivity index (χ3v) is 5.26. The lowest BCUT2D eigenvalue weighted by molar-refractivity contribution is -0.130. The highest BCUT2D eigenvalue weighted by atomic mass is 127. The van der Waals surface area contributed by atoms with Crippen LogP contribution in [0.15, 0.2) is 47.5 Å². The lowest BCUT2D eigenvalue weighted by Crippen LogP contribution is -2.46. The SMILES string of the molecule is CN=C(NCCc1ccc2c(c1)OCO2)NCC(=O)N1CCc2ccccc2C1.I. The molecule has 2 heterocycles. The average Bonchev–Trinajstić information content (AvgIpc) is 3.23. The highest BCUT2D eigenvalue weighted by Crippen LogP contribution is 2.32. The minimum absolute atomic E-state index is 0. The maximum Gasteiger partial charge on any atom is 0.242 e. The van der Waals surface area contributed by atoms with Crippen LogP contribution in [0.4, 0.5) is 0 Å². The van der Waals surface area contributed by atoms with E-state index in [0.29, 0.717) is 19.0 Å². The summed E-state index contributed by atoms with van der Waals surface area (Å²) >= 11 is 0. The first-order chi connectivity index (χ1) is 14.2. The zero-order valence-electron chi connectivity index (χ0n) is 17.0. The summed E-state index contributed by atoms with van der Waals surface area (Å²) in [6.07, 6.45) is 1.72. The standard InChI is InChI=1S/C22H26N4O3.HI/c1-23-22(24-10-8-16-6-7-19-20(12-16)29-15-28-19)25-13-21(27)26-11-9-17-4-2-3-5-18(17)14-26;/h2-7,12H,8-11,13-15H2,1H3,(H2,23,24,25);1H. The van der Waals surface area contributed by atoms with Crippen LogP contribution in [-0.2, 0) is 24.2 Å². The van der Waals surface area contributed by atoms with Crippen molar-refractivity contribution in [3.8, 4) is 11.5 Å². The minimum Gasteiger partial charge on any atom is -0.454 e. The van der Waals surface area contributed by atoms with Crippen molar-refractivity contribution in [3.05, 3.63) is 59.2 Å². The minimum atomic E-state index is 0. The van der Waals surface area contributed by atoms with Gasteiger partial charge in [-0.05, 0) is 41.7 Å². The van der Waals surface area contributed by atoms with Crippen LogP contribution in [0.1, 0.15) is 16.7 Å². The molecule has 0 saturated heterocycles. The highest BCUT2D eigenvalue weighted by molar-refractivity contribution is 14.0. The molecule has 7 nitrogen and oxygen atoms in total. The maximum atomic E-state index is 12.6. The van der Waals surface area contributed by atoms with Gasteiger partial charge in [0.05, 0.1) is 6.54 Å². The van der Waals surface area contributed by atoms with Gasteiger partial charge in [-0.25, -0.2) is 0 Å². The summed E-state index contributed by atoms with van der Waals surface area (Å²) in [6.45, 7) is 2.64. The number of rotatable bonds is 5. The fourth-order valence-corrected chi connectivity index (χ4v) is 3.62. The van der Waals surface area contributed by atoms with Crippen LogP contribution >= 0.6 is 24.0 Å². The Bertz CT molecular complexity index is 919. The molecule has 2 N–H and O–H groups in total. The van der Waals surface area contributed by atoms with Gasteiger partial charge in [0, 0.05) is 26.7 Å². The molecule has 0 fully saturated rings. The molecule has 0 bridgehead atoms. The van der Waals surface area contributed by atoms with E-state index >= 15 is 0 Å². The molecule has 2 aliphatic rings. The third kappa shape index (κ3) is 5.35. The Labute approximate surface area is 193 Å². The van der Waals surface area contributed by atoms with Crippen LogP contribution in [0.5, 0.6) is 11.5 Å². The molecule has 0 unspecified atom stereocenters. The van der Waals surface area contributed by atoms with Gasteiger partial charge in [-0.1, -0.05) is 30.3 Å². The number of amides is 1. The van der Waals surface area contributed by atoms with Crippen molar-refractivity contribution >= 4 is 35.8 Å². The van der Waals surface area contributed by atoms with E-state index in [1.807, 2.05) is 29.2 Å². The zero-order valence-corrected chi connectivity index (χ0v) is 19.3. The number of nitrogens with zero attached hydrogens (tertiary/aromatic N) is 2. The van der Waals surface area contributed by atoms with Crippen molar-refractivity contribution in [2.45, 2.75) is 19.4 Å². The van der Waals surface area contributed by atoms with Crippen molar-refractivity contribution in [1.29, 1.82) is 0 Å². The summed E-state index contributed by atoms with van der Waals surface area (Å²) in [7, 11) is 1.71. The first-order valence-electron chi connectivity index (χ1n) is 9.90. The smallest absolute Gasteiger partial charge is 0.242 e. The second-order valence-electron chi connectivity index (χ2n) is 7.12. The predicted molar refractivity (Wildman–Crippen MR) is 127 cm³/mol. The van der Waals surface area contributed by atoms with Crippen LogP contribution in [0.25, 0.3) is 0 Å². The number of nitrogens with one attached hydrogen (secondary N) is 2. The molecular weight excluding hydrogens is 495 g/mol. The molecule has 2 aromatic rings. The fraction of sp³-hybridized carbons (Fsp3) is 0.364. The van der Waals surface area contributed by atoms with Gasteiger partial charge in [0.2, 0.25) is 12.7 Å². The van der Waals surface area contributed by atoms with E-state index in [2.05, 4.69) is 33.8 Å². The van der Waals surface area contributed by atoms with Crippen molar-refractivity contribution in [2.24, 2.45) is 4.99 Å². The van der Waals surface area contributed by atoms with Crippen molar-refractivity contribution in [3.63, 3.8) is 0 Å². The van der Waals surface area contributed by atoms with Crippen LogP contribution in [0.3, 0.4) is 0 Å². The Morgan fingerprint density at radius 3 is 2.73 bits per heavy atom. The van der Waals surface area contributed by atoms with Gasteiger partial charge in [0.25, 0.3) is 0 Å². The Hall–Kier alpha value is -2.49. The summed E-state index contributed by atoms with van der Waals surface area (Å²) in [6, 6.07) is 14.3. The molecule has 0 radical (unpaired) electrons. The summed E-state index contributed by atoms with van der Waals surface area (Å²) in [5.74, 6) is 2.28. The van der Waals surface area contributed by atoms with Crippen LogP contribution < -0.4 is 20.1 Å². The number of hydrogen-bond donors (Lipinski definition) is 2. The van der Waals surface area contributed by atoms with Gasteiger partial charge in [-0.15, -0.1) is 24.0 Å². The average molecular weight is 522 g/mol. The number of halogens is 1. The maximum absolute atomic E-state index is 12.6. The second kappa shape index (κ2) is 10.5. The molecule has 2 aromatic carbocycles. The number of fused-ring (bicyclic) bond motifs is 2. The first-order valence-corrected chi connectivity index (χ1v) is 9.90. The van der Waals surface area contributed by atoms with Gasteiger partial charge in [-0.2, -0.15) is 0 Å². The monoisotopic (exact) mass is 522 g/mol. The molecule has 1 amide bonds. The third-order valence-electron chi connectivity index (χ3n) is 5.26. The van der Waals surface area contributed by atoms with Crippen molar-refractivity contribution in [2.75, 3.05) is 33.5 Å². The molecule has 0 aromatic heterocycles. The normalized spacial score (nSPS) is 14.6. The second-order valence-corrected chi connectivity index (χ2v) is 7.12. The lowest BCUT2D eigenvalue weighted by atomic mass is 10.00. The van der Waals surface area contributed by atoms with Gasteiger partial charge in [0.1, 0.15) is 0 Å². The van der Waals surface area contributed by atoms with Crippen LogP contribution in [-0.4, -0.2) is 50.2 Å². The molecule has 8 heteroatoms. The van der Waals surface area contributed by atoms with Gasteiger partial charge < -0.3 is 25.0 Å². The number of benzene rings is 2. The van der Waals surface area contributed by atoms with Crippen LogP contribution in [0, 0.1) is 0 Å². The van der Waals surface area contributed by atoms with Gasteiger partial charge in [-0.3, -0.25) is 9.79 Å². The van der Waals surface area contributed by atoms with E-state index in [9.17, 15) is 4.79 Å². The van der Waals surface area contributed by atoms with E-state index in [0.717, 1.165) is 36.4 Å². The van der Waals surface area contributed by atoms with E-state index in [-0.39, 0.29) is 43.2 Å². The molecule has 0 atom stereocenters. The largest absolute Gasteiger partial charge is 0.454 e. The number of carbonyl (C=O) groups excluding carboxylic acids is 1. The molecular formula is C22H27IN4O3. The molecule has 2 aliphatic heterocycles. The topological polar surface area (TPSA) is 75.2 Å². The lowest BCUT2D eigenvalue weighted by Gasteiger charge is -2.29. The Morgan fingerprint density at radius 1 is 1.10 bits per heavy atom. The van der Waals surface area contributed by atoms with E-state index in [1.165, 1.54) is 11.1 Å². The first kappa shape index (κ1) is 22.2. The van der Waals surface area contributed by atoms with Crippen LogP contribution in [0.2, 0.25) is 0 Å². The highest BCUT2D eigenvalue weighted by Gasteiger charge is 2.20. The number of ether oxygens (including phenoxy) is 2. The summed E-state index contributed by atoms with van der Waals surface area (Å²) in [5.41, 5.74) is 3.73. The summed E-state index contributed by atoms with van der Waals surface area (Å²) in [5, 5.41) is 6.38. The van der Waals surface area contributed by atoms with Crippen molar-refractivity contribution in [1.82, 2.24) is 15.5 Å². The molecule has 160 valence electrons. The molecule has 0 aliphatic carbocycles. The van der Waals surface area contributed by atoms with Crippen molar-refractivity contribution < 1.29 is 14.3 Å².